The van der Waals surface area contributed by atoms with Gasteiger partial charge in [-0.25, -0.2) is 0 Å². The van der Waals surface area contributed by atoms with Gasteiger partial charge in [0.1, 0.15) is 11.5 Å². The van der Waals surface area contributed by atoms with Gasteiger partial charge in [0.15, 0.2) is 0 Å². The molecule has 3 rings (SSSR count). The van der Waals surface area contributed by atoms with Crippen LogP contribution < -0.4 is 0 Å². The van der Waals surface area contributed by atoms with Crippen LogP contribution in [0.5, 0.6) is 0 Å². The summed E-state index contributed by atoms with van der Waals surface area (Å²) in [6.07, 6.45) is 4.54. The molecule has 0 saturated heterocycles. The lowest BCUT2D eigenvalue weighted by Crippen LogP contribution is -2.23. The molecule has 2 unspecified atom stereocenters. The van der Waals surface area contributed by atoms with E-state index in [4.69, 9.17) is 4.42 Å². The molecule has 21 heavy (non-hydrogen) atoms. The minimum Gasteiger partial charge on any atom is -0.461 e. The number of amides is 1. The van der Waals surface area contributed by atoms with Crippen molar-refractivity contribution in [3.63, 3.8) is 0 Å². The molecule has 0 spiro atoms. The van der Waals surface area contributed by atoms with Crippen LogP contribution in [0, 0.1) is 5.92 Å². The molecular weight excluding hydrogens is 282 g/mol. The molecule has 1 fully saturated rings. The fourth-order valence-electron chi connectivity index (χ4n) is 2.37. The minimum absolute atomic E-state index is 0.0128. The lowest BCUT2D eigenvalue weighted by molar-refractivity contribution is -0.125. The van der Waals surface area contributed by atoms with Crippen LogP contribution in [-0.4, -0.2) is 17.9 Å². The average Bonchev–Trinajstić information content (AvgIpc) is 2.88. The van der Waals surface area contributed by atoms with E-state index in [1.165, 1.54) is 11.3 Å². The van der Waals surface area contributed by atoms with E-state index in [0.717, 1.165) is 17.4 Å². The predicted molar refractivity (Wildman–Crippen MR) is 85.1 cm³/mol. The van der Waals surface area contributed by atoms with Gasteiger partial charge in [-0.05, 0) is 42.0 Å². The zero-order valence-electron chi connectivity index (χ0n) is 12.3. The van der Waals surface area contributed by atoms with Gasteiger partial charge in [-0.15, -0.1) is 11.3 Å². The molecule has 1 saturated carbocycles. The summed E-state index contributed by atoms with van der Waals surface area (Å²) in [5.41, 5.74) is 0. The van der Waals surface area contributed by atoms with Gasteiger partial charge in [-0.1, -0.05) is 13.0 Å². The Morgan fingerprint density at radius 1 is 1.48 bits per heavy atom. The molecule has 0 aliphatic heterocycles. The maximum absolute atomic E-state index is 12.0. The lowest BCUT2D eigenvalue weighted by Gasteiger charge is -2.13. The summed E-state index contributed by atoms with van der Waals surface area (Å²) in [6, 6.07) is 7.99. The quantitative estimate of drug-likeness (QED) is 0.778. The summed E-state index contributed by atoms with van der Waals surface area (Å²) in [6.45, 7) is 2.87. The molecule has 110 valence electrons. The van der Waals surface area contributed by atoms with Crippen molar-refractivity contribution in [3.05, 3.63) is 52.1 Å². The Kier molecular flexibility index (Phi) is 3.97. The summed E-state index contributed by atoms with van der Waals surface area (Å²) in [7, 11) is 1.81. The molecule has 2 aromatic rings. The molecule has 2 heterocycles. The fraction of sp³-hybridized carbons (Fsp3) is 0.353. The van der Waals surface area contributed by atoms with Crippen molar-refractivity contribution < 1.29 is 9.21 Å². The summed E-state index contributed by atoms with van der Waals surface area (Å²) >= 11 is 1.66. The highest BCUT2D eigenvalue weighted by molar-refractivity contribution is 7.09. The van der Waals surface area contributed by atoms with Crippen LogP contribution in [0.25, 0.3) is 6.08 Å². The summed E-state index contributed by atoms with van der Waals surface area (Å²) < 4.78 is 5.76. The van der Waals surface area contributed by atoms with Crippen LogP contribution in [0.3, 0.4) is 0 Å². The summed E-state index contributed by atoms with van der Waals surface area (Å²) in [4.78, 5) is 14.9. The van der Waals surface area contributed by atoms with E-state index in [0.29, 0.717) is 12.5 Å². The molecule has 0 radical (unpaired) electrons. The van der Waals surface area contributed by atoms with Gasteiger partial charge in [0, 0.05) is 23.9 Å². The molecule has 4 heteroatoms. The van der Waals surface area contributed by atoms with E-state index in [2.05, 4.69) is 6.92 Å². The van der Waals surface area contributed by atoms with Crippen molar-refractivity contribution in [2.75, 3.05) is 7.05 Å². The fourth-order valence-corrected chi connectivity index (χ4v) is 3.13. The van der Waals surface area contributed by atoms with E-state index in [1.54, 1.807) is 28.4 Å². The van der Waals surface area contributed by atoms with Gasteiger partial charge in [0.2, 0.25) is 5.91 Å². The first kappa shape index (κ1) is 14.1. The average molecular weight is 301 g/mol. The molecule has 0 N–H and O–H groups in total. The summed E-state index contributed by atoms with van der Waals surface area (Å²) in [5.74, 6) is 3.08. The van der Waals surface area contributed by atoms with Crippen molar-refractivity contribution >= 4 is 23.3 Å². The molecule has 1 aliphatic rings. The Morgan fingerprint density at radius 2 is 2.29 bits per heavy atom. The maximum atomic E-state index is 12.0. The first-order chi connectivity index (χ1) is 10.1. The Hall–Kier alpha value is -1.81. The Morgan fingerprint density at radius 3 is 2.95 bits per heavy atom. The zero-order valence-corrected chi connectivity index (χ0v) is 13.1. The van der Waals surface area contributed by atoms with Gasteiger partial charge in [0.25, 0.3) is 0 Å². The van der Waals surface area contributed by atoms with Crippen LogP contribution in [0.4, 0.5) is 0 Å². The third-order valence-corrected chi connectivity index (χ3v) is 4.72. The van der Waals surface area contributed by atoms with Gasteiger partial charge >= 0.3 is 0 Å². The second-order valence-electron chi connectivity index (χ2n) is 5.67. The molecule has 0 bridgehead atoms. The first-order valence-electron chi connectivity index (χ1n) is 7.19. The molecule has 1 amide bonds. The molecule has 2 aromatic heterocycles. The highest BCUT2D eigenvalue weighted by atomic mass is 32.1. The van der Waals surface area contributed by atoms with E-state index < -0.39 is 0 Å². The summed E-state index contributed by atoms with van der Waals surface area (Å²) in [5, 5.41) is 2.02. The largest absolute Gasteiger partial charge is 0.461 e. The number of hydrogen-bond acceptors (Lipinski definition) is 3. The smallest absolute Gasteiger partial charge is 0.246 e. The van der Waals surface area contributed by atoms with Crippen molar-refractivity contribution in [1.82, 2.24) is 4.90 Å². The Balaban J connectivity index is 1.57. The highest BCUT2D eigenvalue weighted by Crippen LogP contribution is 2.47. The second kappa shape index (κ2) is 5.90. The SMILES string of the molecule is CC1CC1c1ccc(C=CC(=O)N(C)Cc2cccs2)o1. The van der Waals surface area contributed by atoms with Crippen LogP contribution >= 0.6 is 11.3 Å². The van der Waals surface area contributed by atoms with Crippen LogP contribution in [-0.2, 0) is 11.3 Å². The van der Waals surface area contributed by atoms with Gasteiger partial charge < -0.3 is 9.32 Å². The van der Waals surface area contributed by atoms with Crippen molar-refractivity contribution in [2.24, 2.45) is 5.92 Å². The number of nitrogens with zero attached hydrogens (tertiary/aromatic N) is 1. The number of thiophene rings is 1. The third-order valence-electron chi connectivity index (χ3n) is 3.86. The molecule has 1 aliphatic carbocycles. The number of carbonyl (C=O) groups excluding carboxylic acids is 1. The number of carbonyl (C=O) groups is 1. The normalized spacial score (nSPS) is 20.9. The number of rotatable bonds is 5. The van der Waals surface area contributed by atoms with Crippen LogP contribution in [0.2, 0.25) is 0 Å². The number of hydrogen-bond donors (Lipinski definition) is 0. The molecule has 3 nitrogen and oxygen atoms in total. The monoisotopic (exact) mass is 301 g/mol. The van der Waals surface area contributed by atoms with E-state index in [1.807, 2.05) is 36.7 Å². The van der Waals surface area contributed by atoms with E-state index in [-0.39, 0.29) is 5.91 Å². The predicted octanol–water partition coefficient (Wildman–Crippen LogP) is 4.14. The van der Waals surface area contributed by atoms with Gasteiger partial charge in [-0.2, -0.15) is 0 Å². The van der Waals surface area contributed by atoms with Crippen LogP contribution in [0.15, 0.2) is 40.1 Å². The standard InChI is InChI=1S/C17H19NO2S/c1-12-10-15(12)16-7-5-13(20-16)6-8-17(19)18(2)11-14-4-3-9-21-14/h3-9,12,15H,10-11H2,1-2H3. The van der Waals surface area contributed by atoms with Gasteiger partial charge in [0.05, 0.1) is 6.54 Å². The maximum Gasteiger partial charge on any atom is 0.246 e. The highest BCUT2D eigenvalue weighted by Gasteiger charge is 2.36. The van der Waals surface area contributed by atoms with E-state index in [9.17, 15) is 4.79 Å². The van der Waals surface area contributed by atoms with Crippen LogP contribution in [0.1, 0.15) is 35.7 Å². The van der Waals surface area contributed by atoms with Crippen molar-refractivity contribution in [3.8, 4) is 0 Å². The molecule has 2 atom stereocenters. The lowest BCUT2D eigenvalue weighted by atomic mass is 10.3. The molecule has 0 aromatic carbocycles. The van der Waals surface area contributed by atoms with Crippen molar-refractivity contribution in [1.29, 1.82) is 0 Å². The number of furan rings is 1. The zero-order chi connectivity index (χ0) is 14.8. The van der Waals surface area contributed by atoms with Crippen molar-refractivity contribution in [2.45, 2.75) is 25.8 Å². The topological polar surface area (TPSA) is 33.5 Å². The Bertz CT molecular complexity index is 642. The minimum atomic E-state index is -0.0128. The van der Waals surface area contributed by atoms with Gasteiger partial charge in [-0.3, -0.25) is 4.79 Å². The number of likely N-dealkylation sites (N-methyl/N-ethyl adjacent to an activating group) is 1. The second-order valence-corrected chi connectivity index (χ2v) is 6.70. The Labute approximate surface area is 128 Å². The first-order valence-corrected chi connectivity index (χ1v) is 8.07. The van der Waals surface area contributed by atoms with E-state index >= 15 is 0 Å². The molecular formula is C17H19NO2S. The third kappa shape index (κ3) is 3.45.